The maximum absolute atomic E-state index is 12.3. The van der Waals surface area contributed by atoms with Crippen LogP contribution in [0.15, 0.2) is 29.3 Å². The molecule has 184 valence electrons. The predicted molar refractivity (Wildman–Crippen MR) is 140 cm³/mol. The summed E-state index contributed by atoms with van der Waals surface area (Å²) in [6.07, 6.45) is 1.19. The fourth-order valence-electron chi connectivity index (χ4n) is 3.78. The topological polar surface area (TPSA) is 95.5 Å². The van der Waals surface area contributed by atoms with Crippen LogP contribution in [0, 0.1) is 0 Å². The average Bonchev–Trinajstić information content (AvgIpc) is 3.18. The fourth-order valence-corrected chi connectivity index (χ4v) is 3.78. The maximum atomic E-state index is 12.3. The van der Waals surface area contributed by atoms with Crippen molar-refractivity contribution in [3.05, 3.63) is 24.3 Å². The van der Waals surface area contributed by atoms with Crippen molar-refractivity contribution in [1.29, 1.82) is 0 Å². The summed E-state index contributed by atoms with van der Waals surface area (Å²) in [6.45, 7) is 11.1. The third kappa shape index (κ3) is 7.94. The molecule has 0 spiro atoms. The SMILES string of the molecule is CCNC(=NCCCN1C(=O)COc2ccccc21)N1CCC(NC(=O)OC(C)(C)C)C1.I. The normalized spacial score (nSPS) is 18.2. The summed E-state index contributed by atoms with van der Waals surface area (Å²) in [5.41, 5.74) is 0.302. The van der Waals surface area contributed by atoms with Gasteiger partial charge >= 0.3 is 6.09 Å². The van der Waals surface area contributed by atoms with Gasteiger partial charge in [0, 0.05) is 32.7 Å². The van der Waals surface area contributed by atoms with E-state index in [-0.39, 0.29) is 48.6 Å². The highest BCUT2D eigenvalue weighted by Gasteiger charge is 2.28. The van der Waals surface area contributed by atoms with Gasteiger partial charge in [0.2, 0.25) is 0 Å². The molecule has 2 N–H and O–H groups in total. The standard InChI is InChI=1S/C23H35N5O4.HI/c1-5-24-21(27-14-11-17(15-27)26-22(30)32-23(2,3)4)25-12-8-13-28-18-9-6-7-10-19(18)31-16-20(28)29;/h6-7,9-10,17H,5,8,11-16H2,1-4H3,(H,24,25)(H,26,30);1H. The van der Waals surface area contributed by atoms with Gasteiger partial charge in [0.1, 0.15) is 11.4 Å². The highest BCUT2D eigenvalue weighted by Crippen LogP contribution is 2.31. The first kappa shape index (κ1) is 27.0. The van der Waals surface area contributed by atoms with Gasteiger partial charge in [-0.25, -0.2) is 4.79 Å². The molecule has 9 nitrogen and oxygen atoms in total. The second-order valence-electron chi connectivity index (χ2n) is 8.97. The van der Waals surface area contributed by atoms with Crippen molar-refractivity contribution in [3.8, 4) is 5.75 Å². The zero-order valence-corrected chi connectivity index (χ0v) is 22.3. The molecule has 1 unspecified atom stereocenters. The fraction of sp³-hybridized carbons (Fsp3) is 0.609. The van der Waals surface area contributed by atoms with Crippen molar-refractivity contribution in [2.45, 2.75) is 52.2 Å². The van der Waals surface area contributed by atoms with Gasteiger partial charge in [0.05, 0.1) is 11.7 Å². The number of hydrogen-bond donors (Lipinski definition) is 2. The minimum absolute atomic E-state index is 0. The molecule has 0 bridgehead atoms. The molecule has 2 aliphatic heterocycles. The number of carbonyl (C=O) groups is 2. The number of para-hydroxylation sites is 2. The van der Waals surface area contributed by atoms with E-state index in [1.165, 1.54) is 0 Å². The quantitative estimate of drug-likeness (QED) is 0.235. The maximum Gasteiger partial charge on any atom is 0.407 e. The number of hydrogen-bond acceptors (Lipinski definition) is 5. The molecule has 3 rings (SSSR count). The third-order valence-electron chi connectivity index (χ3n) is 5.15. The third-order valence-corrected chi connectivity index (χ3v) is 5.15. The van der Waals surface area contributed by atoms with Crippen molar-refractivity contribution >= 4 is 47.6 Å². The van der Waals surface area contributed by atoms with Crippen molar-refractivity contribution in [3.63, 3.8) is 0 Å². The van der Waals surface area contributed by atoms with Crippen LogP contribution in [0.4, 0.5) is 10.5 Å². The number of guanidine groups is 1. The lowest BCUT2D eigenvalue weighted by Gasteiger charge is -2.29. The van der Waals surface area contributed by atoms with Gasteiger partial charge in [-0.1, -0.05) is 12.1 Å². The number of nitrogens with zero attached hydrogens (tertiary/aromatic N) is 3. The number of carbonyl (C=O) groups excluding carboxylic acids is 2. The van der Waals surface area contributed by atoms with Gasteiger partial charge in [-0.15, -0.1) is 24.0 Å². The number of fused-ring (bicyclic) bond motifs is 1. The van der Waals surface area contributed by atoms with E-state index in [0.717, 1.165) is 43.3 Å². The van der Waals surface area contributed by atoms with Gasteiger partial charge < -0.3 is 29.9 Å². The van der Waals surface area contributed by atoms with Crippen LogP contribution in [0.2, 0.25) is 0 Å². The molecule has 1 aromatic rings. The molecule has 1 saturated heterocycles. The smallest absolute Gasteiger partial charge is 0.407 e. The van der Waals surface area contributed by atoms with E-state index >= 15 is 0 Å². The molecule has 0 aromatic heterocycles. The summed E-state index contributed by atoms with van der Waals surface area (Å²) in [5.74, 6) is 1.54. The predicted octanol–water partition coefficient (Wildman–Crippen LogP) is 2.98. The first-order valence-electron chi connectivity index (χ1n) is 11.3. The molecule has 0 aliphatic carbocycles. The molecule has 0 saturated carbocycles. The van der Waals surface area contributed by atoms with E-state index in [1.54, 1.807) is 4.90 Å². The number of ether oxygens (including phenoxy) is 2. The molecule has 0 radical (unpaired) electrons. The zero-order valence-electron chi connectivity index (χ0n) is 19.9. The summed E-state index contributed by atoms with van der Waals surface area (Å²) in [5, 5.41) is 6.28. The number of aliphatic imine (C=N–C) groups is 1. The highest BCUT2D eigenvalue weighted by atomic mass is 127. The Morgan fingerprint density at radius 1 is 1.30 bits per heavy atom. The number of benzene rings is 1. The number of nitrogens with one attached hydrogen (secondary N) is 2. The number of alkyl carbamates (subject to hydrolysis) is 1. The molecule has 33 heavy (non-hydrogen) atoms. The number of rotatable bonds is 6. The monoisotopic (exact) mass is 573 g/mol. The molecule has 1 atom stereocenters. The van der Waals surface area contributed by atoms with E-state index in [0.29, 0.717) is 19.6 Å². The van der Waals surface area contributed by atoms with E-state index in [4.69, 9.17) is 14.5 Å². The summed E-state index contributed by atoms with van der Waals surface area (Å²) >= 11 is 0. The van der Waals surface area contributed by atoms with Crippen LogP contribution < -0.4 is 20.3 Å². The lowest BCUT2D eigenvalue weighted by molar-refractivity contribution is -0.121. The van der Waals surface area contributed by atoms with E-state index in [1.807, 2.05) is 52.0 Å². The first-order chi connectivity index (χ1) is 15.3. The van der Waals surface area contributed by atoms with Crippen LogP contribution in [0.5, 0.6) is 5.75 Å². The molecular formula is C23H36IN5O4. The lowest BCUT2D eigenvalue weighted by Crippen LogP contribution is -2.44. The van der Waals surface area contributed by atoms with Crippen molar-refractivity contribution in [1.82, 2.24) is 15.5 Å². The van der Waals surface area contributed by atoms with Crippen molar-refractivity contribution in [2.24, 2.45) is 4.99 Å². The molecule has 2 amide bonds. The Balaban J connectivity index is 0.00000385. The highest BCUT2D eigenvalue weighted by molar-refractivity contribution is 14.0. The number of likely N-dealkylation sites (tertiary alicyclic amines) is 1. The van der Waals surface area contributed by atoms with E-state index < -0.39 is 5.60 Å². The van der Waals surface area contributed by atoms with Crippen LogP contribution in [-0.4, -0.2) is 73.8 Å². The molecular weight excluding hydrogens is 537 g/mol. The molecule has 1 aromatic carbocycles. The summed E-state index contributed by atoms with van der Waals surface area (Å²) in [6, 6.07) is 7.62. The Hall–Kier alpha value is -2.24. The summed E-state index contributed by atoms with van der Waals surface area (Å²) in [4.78, 5) is 33.0. The van der Waals surface area contributed by atoms with Crippen LogP contribution in [0.3, 0.4) is 0 Å². The minimum Gasteiger partial charge on any atom is -0.482 e. The van der Waals surface area contributed by atoms with Gasteiger partial charge in [0.15, 0.2) is 12.6 Å². The van der Waals surface area contributed by atoms with E-state index in [9.17, 15) is 9.59 Å². The Bertz CT molecular complexity index is 842. The summed E-state index contributed by atoms with van der Waals surface area (Å²) in [7, 11) is 0. The van der Waals surface area contributed by atoms with Crippen LogP contribution >= 0.6 is 24.0 Å². The minimum atomic E-state index is -0.513. The number of halogens is 1. The van der Waals surface area contributed by atoms with Crippen molar-refractivity contribution in [2.75, 3.05) is 44.2 Å². The van der Waals surface area contributed by atoms with Gasteiger partial charge in [-0.05, 0) is 52.7 Å². The van der Waals surface area contributed by atoms with E-state index in [2.05, 4.69) is 15.5 Å². The van der Waals surface area contributed by atoms with Crippen LogP contribution in [0.1, 0.15) is 40.5 Å². The largest absolute Gasteiger partial charge is 0.482 e. The number of amides is 2. The molecule has 10 heteroatoms. The molecule has 1 fully saturated rings. The van der Waals surface area contributed by atoms with Crippen molar-refractivity contribution < 1.29 is 19.1 Å². The van der Waals surface area contributed by atoms with Gasteiger partial charge in [0.25, 0.3) is 5.91 Å². The molecule has 2 heterocycles. The first-order valence-corrected chi connectivity index (χ1v) is 11.3. The number of anilines is 1. The molecule has 2 aliphatic rings. The van der Waals surface area contributed by atoms with Gasteiger partial charge in [-0.2, -0.15) is 0 Å². The van der Waals surface area contributed by atoms with Crippen LogP contribution in [0.25, 0.3) is 0 Å². The average molecular weight is 573 g/mol. The Kier molecular flexibility index (Phi) is 10.1. The summed E-state index contributed by atoms with van der Waals surface area (Å²) < 4.78 is 10.9. The lowest BCUT2D eigenvalue weighted by atomic mass is 10.2. The zero-order chi connectivity index (χ0) is 23.1. The Labute approximate surface area is 213 Å². The van der Waals surface area contributed by atoms with Crippen LogP contribution in [-0.2, 0) is 9.53 Å². The second-order valence-corrected chi connectivity index (χ2v) is 8.97. The van der Waals surface area contributed by atoms with Gasteiger partial charge in [-0.3, -0.25) is 9.79 Å². The second kappa shape index (κ2) is 12.3. The Morgan fingerprint density at radius 3 is 2.79 bits per heavy atom. The Morgan fingerprint density at radius 2 is 2.06 bits per heavy atom.